The molecular weight excluding hydrogens is 457 g/mol. The van der Waals surface area contributed by atoms with Gasteiger partial charge in [0.15, 0.2) is 5.41 Å². The fourth-order valence-corrected chi connectivity index (χ4v) is 6.14. The molecule has 0 aliphatic carbocycles. The van der Waals surface area contributed by atoms with Crippen molar-refractivity contribution >= 4 is 34.1 Å². The highest BCUT2D eigenvalue weighted by atomic mass is 35.5. The van der Waals surface area contributed by atoms with Crippen LogP contribution in [0.4, 0.5) is 10.1 Å². The summed E-state index contributed by atoms with van der Waals surface area (Å²) in [6.45, 7) is 0. The molecule has 0 unspecified atom stereocenters. The van der Waals surface area contributed by atoms with Gasteiger partial charge in [0.25, 0.3) is 0 Å². The number of hydrogen-bond acceptors (Lipinski definition) is 3. The van der Waals surface area contributed by atoms with E-state index in [2.05, 4.69) is 29.2 Å². The van der Waals surface area contributed by atoms with Crippen LogP contribution in [0, 0.1) is 33.9 Å². The molecule has 3 atom stereocenters. The van der Waals surface area contributed by atoms with E-state index < -0.39 is 23.4 Å². The summed E-state index contributed by atoms with van der Waals surface area (Å²) >= 11 is 6.66. The van der Waals surface area contributed by atoms with Crippen molar-refractivity contribution in [3.63, 3.8) is 0 Å². The summed E-state index contributed by atoms with van der Waals surface area (Å²) in [6.07, 6.45) is 3.92. The highest BCUT2D eigenvalue weighted by molar-refractivity contribution is 6.31. The maximum atomic E-state index is 15.4. The van der Waals surface area contributed by atoms with Crippen LogP contribution in [-0.4, -0.2) is 6.04 Å². The summed E-state index contributed by atoms with van der Waals surface area (Å²) in [6, 6.07) is 29.5. The topological polar surface area (TPSA) is 50.8 Å². The van der Waals surface area contributed by atoms with E-state index in [0.29, 0.717) is 16.1 Å². The summed E-state index contributed by atoms with van der Waals surface area (Å²) < 4.78 is 15.4. The molecule has 1 fully saturated rings. The number of fused-ring (bicyclic) bond motifs is 5. The van der Waals surface area contributed by atoms with Gasteiger partial charge in [0, 0.05) is 27.8 Å². The Kier molecular flexibility index (Phi) is 4.88. The summed E-state index contributed by atoms with van der Waals surface area (Å²) in [4.78, 5) is 2.06. The second-order valence-corrected chi connectivity index (χ2v) is 9.40. The number of benzene rings is 4. The smallest absolute Gasteiger partial charge is 0.176 e. The molecule has 1 saturated heterocycles. The molecule has 4 aromatic rings. The van der Waals surface area contributed by atoms with Crippen LogP contribution in [-0.2, 0) is 0 Å². The first-order chi connectivity index (χ1) is 17.1. The van der Waals surface area contributed by atoms with Crippen molar-refractivity contribution < 1.29 is 4.39 Å². The van der Waals surface area contributed by atoms with Gasteiger partial charge >= 0.3 is 0 Å². The minimum atomic E-state index is -1.49. The Labute approximate surface area is 207 Å². The molecule has 2 aliphatic heterocycles. The zero-order valence-corrected chi connectivity index (χ0v) is 19.3. The van der Waals surface area contributed by atoms with E-state index in [1.165, 1.54) is 6.07 Å². The highest BCUT2D eigenvalue weighted by Gasteiger charge is 2.62. The predicted octanol–water partition coefficient (Wildman–Crippen LogP) is 7.41. The molecule has 168 valence electrons. The van der Waals surface area contributed by atoms with Crippen LogP contribution in [0.3, 0.4) is 0 Å². The van der Waals surface area contributed by atoms with Crippen LogP contribution in [0.15, 0.2) is 91.0 Å². The SMILES string of the molecule is N#CC1(C#N)[C@H](c2ccccc2Cl)[C@H](c2ccccc2F)N2c3ccc4ccccc4c3C=C[C@H]21. The summed E-state index contributed by atoms with van der Waals surface area (Å²) in [5.74, 6) is -1.06. The second kappa shape index (κ2) is 7.98. The van der Waals surface area contributed by atoms with E-state index in [1.54, 1.807) is 24.3 Å². The molecule has 0 N–H and O–H groups in total. The van der Waals surface area contributed by atoms with Gasteiger partial charge in [-0.05, 0) is 34.5 Å². The number of halogens is 2. The van der Waals surface area contributed by atoms with Gasteiger partial charge in [-0.15, -0.1) is 0 Å². The average molecular weight is 476 g/mol. The fraction of sp³-hybridized carbons (Fsp3) is 0.133. The molecule has 5 heteroatoms. The summed E-state index contributed by atoms with van der Waals surface area (Å²) in [5.41, 5.74) is 1.47. The molecule has 35 heavy (non-hydrogen) atoms. The van der Waals surface area contributed by atoms with Gasteiger partial charge in [-0.25, -0.2) is 4.39 Å². The molecular formula is C30H19ClFN3. The highest BCUT2D eigenvalue weighted by Crippen LogP contribution is 2.61. The van der Waals surface area contributed by atoms with Crippen LogP contribution >= 0.6 is 11.6 Å². The van der Waals surface area contributed by atoms with Crippen molar-refractivity contribution in [3.05, 3.63) is 119 Å². The van der Waals surface area contributed by atoms with Crippen LogP contribution in [0.2, 0.25) is 5.02 Å². The zero-order valence-electron chi connectivity index (χ0n) is 18.6. The Balaban J connectivity index is 1.70. The lowest BCUT2D eigenvalue weighted by Gasteiger charge is -2.37. The second-order valence-electron chi connectivity index (χ2n) is 8.99. The van der Waals surface area contributed by atoms with Gasteiger partial charge in [0.2, 0.25) is 0 Å². The minimum Gasteiger partial charge on any atom is -0.354 e. The molecule has 0 amide bonds. The van der Waals surface area contributed by atoms with Gasteiger partial charge in [-0.3, -0.25) is 0 Å². The van der Waals surface area contributed by atoms with Gasteiger partial charge in [0.05, 0.1) is 24.2 Å². The maximum absolute atomic E-state index is 15.4. The van der Waals surface area contributed by atoms with Gasteiger partial charge in [-0.1, -0.05) is 90.5 Å². The van der Waals surface area contributed by atoms with Crippen molar-refractivity contribution in [2.24, 2.45) is 5.41 Å². The predicted molar refractivity (Wildman–Crippen MR) is 136 cm³/mol. The van der Waals surface area contributed by atoms with Crippen molar-refractivity contribution in [3.8, 4) is 12.1 Å². The van der Waals surface area contributed by atoms with E-state index in [9.17, 15) is 10.5 Å². The van der Waals surface area contributed by atoms with Crippen LogP contribution in [0.1, 0.15) is 28.7 Å². The summed E-state index contributed by atoms with van der Waals surface area (Å²) in [5, 5.41) is 23.7. The number of nitrogens with zero attached hydrogens (tertiary/aromatic N) is 3. The molecule has 0 spiro atoms. The van der Waals surface area contributed by atoms with Crippen LogP contribution < -0.4 is 4.90 Å². The lowest BCUT2D eigenvalue weighted by atomic mass is 9.69. The van der Waals surface area contributed by atoms with E-state index >= 15 is 4.39 Å². The van der Waals surface area contributed by atoms with E-state index in [1.807, 2.05) is 54.6 Å². The molecule has 4 aromatic carbocycles. The first-order valence-corrected chi connectivity index (χ1v) is 11.8. The van der Waals surface area contributed by atoms with Gasteiger partial charge in [0.1, 0.15) is 5.82 Å². The number of anilines is 1. The Morgan fingerprint density at radius 1 is 0.829 bits per heavy atom. The number of nitriles is 2. The summed E-state index contributed by atoms with van der Waals surface area (Å²) in [7, 11) is 0. The monoisotopic (exact) mass is 475 g/mol. The van der Waals surface area contributed by atoms with Crippen LogP contribution in [0.25, 0.3) is 16.8 Å². The van der Waals surface area contributed by atoms with E-state index in [0.717, 1.165) is 22.0 Å². The Bertz CT molecular complexity index is 1580. The standard InChI is InChI=1S/C30H19ClFN3/c31-24-11-5-3-9-22(24)28-29(23-10-4-6-12-25(23)32)35-26-15-13-19-7-1-2-8-20(19)21(26)14-16-27(35)30(28,17-33)18-34/h1-16,27-29H/t27-,28+,29-/m0/s1. The van der Waals surface area contributed by atoms with Crippen molar-refractivity contribution in [2.75, 3.05) is 4.90 Å². The maximum Gasteiger partial charge on any atom is 0.176 e. The van der Waals surface area contributed by atoms with Gasteiger partial charge < -0.3 is 4.90 Å². The Morgan fingerprint density at radius 3 is 2.26 bits per heavy atom. The molecule has 3 nitrogen and oxygen atoms in total. The largest absolute Gasteiger partial charge is 0.354 e. The molecule has 0 aromatic heterocycles. The molecule has 0 saturated carbocycles. The first-order valence-electron chi connectivity index (χ1n) is 11.4. The van der Waals surface area contributed by atoms with Crippen molar-refractivity contribution in [2.45, 2.75) is 18.0 Å². The molecule has 6 rings (SSSR count). The number of rotatable bonds is 2. The third-order valence-corrected chi connectivity index (χ3v) is 7.72. The normalized spacial score (nSPS) is 21.7. The zero-order chi connectivity index (χ0) is 24.2. The Hall–Kier alpha value is -4.12. The first kappa shape index (κ1) is 21.4. The fourth-order valence-electron chi connectivity index (χ4n) is 5.89. The molecule has 2 heterocycles. The molecule has 2 aliphatic rings. The van der Waals surface area contributed by atoms with E-state index in [4.69, 9.17) is 11.6 Å². The Morgan fingerprint density at radius 2 is 1.51 bits per heavy atom. The molecule has 0 bridgehead atoms. The lowest BCUT2D eigenvalue weighted by Crippen LogP contribution is -2.39. The van der Waals surface area contributed by atoms with Crippen LogP contribution in [0.5, 0.6) is 0 Å². The third kappa shape index (κ3) is 2.94. The third-order valence-electron chi connectivity index (χ3n) is 7.38. The van der Waals surface area contributed by atoms with Crippen molar-refractivity contribution in [1.29, 1.82) is 10.5 Å². The molecule has 0 radical (unpaired) electrons. The lowest BCUT2D eigenvalue weighted by molar-refractivity contribution is 0.438. The number of hydrogen-bond donors (Lipinski definition) is 0. The van der Waals surface area contributed by atoms with Gasteiger partial charge in [-0.2, -0.15) is 10.5 Å². The quantitative estimate of drug-likeness (QED) is 0.303. The van der Waals surface area contributed by atoms with Crippen molar-refractivity contribution in [1.82, 2.24) is 0 Å². The minimum absolute atomic E-state index is 0.378. The van der Waals surface area contributed by atoms with E-state index in [-0.39, 0.29) is 5.82 Å². The average Bonchev–Trinajstić information content (AvgIpc) is 3.19.